The number of rotatable bonds is 6. The molecule has 3 aliphatic rings. The Morgan fingerprint density at radius 3 is 2.67 bits per heavy atom. The molecule has 0 aliphatic carbocycles. The molecule has 10 nitrogen and oxygen atoms in total. The second-order valence-corrected chi connectivity index (χ2v) is 12.2. The van der Waals surface area contributed by atoms with Crippen molar-refractivity contribution in [3.63, 3.8) is 0 Å². The van der Waals surface area contributed by atoms with E-state index < -0.39 is 75.3 Å². The smallest absolute Gasteiger partial charge is 0.417 e. The molecule has 7 rings (SSSR count). The monoisotopic (exact) mass is 678 g/mol. The number of benzene rings is 1. The summed E-state index contributed by atoms with van der Waals surface area (Å²) in [6, 6.07) is 2.47. The molecule has 0 amide bonds. The van der Waals surface area contributed by atoms with Crippen LogP contribution in [0.4, 0.5) is 48.1 Å². The first-order valence-electron chi connectivity index (χ1n) is 15.2. The van der Waals surface area contributed by atoms with Gasteiger partial charge in [0.2, 0.25) is 5.88 Å². The van der Waals surface area contributed by atoms with Crippen molar-refractivity contribution < 1.29 is 40.2 Å². The average molecular weight is 679 g/mol. The van der Waals surface area contributed by atoms with Gasteiger partial charge in [-0.2, -0.15) is 23.1 Å². The van der Waals surface area contributed by atoms with Crippen molar-refractivity contribution in [2.75, 3.05) is 49.2 Å². The van der Waals surface area contributed by atoms with Gasteiger partial charge in [0.05, 0.1) is 29.3 Å². The average Bonchev–Trinajstić information content (AvgIpc) is 3.50. The molecular formula is C31H29F7N8O2. The maximum atomic E-state index is 16.7. The van der Waals surface area contributed by atoms with Crippen molar-refractivity contribution in [1.82, 2.24) is 24.8 Å². The lowest BCUT2D eigenvalue weighted by molar-refractivity contribution is -0.137. The summed E-state index contributed by atoms with van der Waals surface area (Å²) in [6.07, 6.45) is -3.22. The minimum Gasteiger partial charge on any atom is -0.475 e. The molecular weight excluding hydrogens is 649 g/mol. The summed E-state index contributed by atoms with van der Waals surface area (Å²) < 4.78 is 115. The third-order valence-electron chi connectivity index (χ3n) is 9.37. The molecule has 2 saturated heterocycles. The maximum absolute atomic E-state index is 16.7. The number of aromatic nitrogens is 4. The summed E-state index contributed by atoms with van der Waals surface area (Å²) in [7, 11) is 0. The van der Waals surface area contributed by atoms with Gasteiger partial charge in [0.25, 0.3) is 0 Å². The molecule has 1 aromatic carbocycles. The Balaban J connectivity index is 1.44. The van der Waals surface area contributed by atoms with Crippen LogP contribution in [0.3, 0.4) is 0 Å². The predicted molar refractivity (Wildman–Crippen MR) is 161 cm³/mol. The first kappa shape index (κ1) is 31.9. The van der Waals surface area contributed by atoms with Crippen molar-refractivity contribution in [2.24, 2.45) is 0 Å². The molecule has 2 fully saturated rings. The lowest BCUT2D eigenvalue weighted by Gasteiger charge is -2.32. The van der Waals surface area contributed by atoms with Crippen LogP contribution in [-0.4, -0.2) is 69.4 Å². The highest BCUT2D eigenvalue weighted by molar-refractivity contribution is 5.97. The van der Waals surface area contributed by atoms with Gasteiger partial charge in [0.15, 0.2) is 11.6 Å². The summed E-state index contributed by atoms with van der Waals surface area (Å²) in [4.78, 5) is 20.6. The number of nitrogens with two attached hydrogens (primary N) is 2. The highest BCUT2D eigenvalue weighted by Gasteiger charge is 2.49. The first-order chi connectivity index (χ1) is 22.8. The number of pyridine rings is 2. The molecule has 48 heavy (non-hydrogen) atoms. The Morgan fingerprint density at radius 2 is 1.92 bits per heavy atom. The van der Waals surface area contributed by atoms with Crippen LogP contribution in [0.2, 0.25) is 0 Å². The van der Waals surface area contributed by atoms with Crippen LogP contribution in [0.15, 0.2) is 24.4 Å². The summed E-state index contributed by atoms with van der Waals surface area (Å²) in [5.74, 6) is -5.16. The Kier molecular flexibility index (Phi) is 7.64. The molecule has 0 radical (unpaired) electrons. The normalized spacial score (nSPS) is 21.7. The minimum absolute atomic E-state index is 0.0221. The van der Waals surface area contributed by atoms with E-state index in [0.717, 1.165) is 6.42 Å². The van der Waals surface area contributed by atoms with Gasteiger partial charge in [-0.05, 0) is 38.4 Å². The molecule has 0 spiro atoms. The van der Waals surface area contributed by atoms with Crippen LogP contribution in [0.25, 0.3) is 22.2 Å². The Bertz CT molecular complexity index is 1930. The first-order valence-corrected chi connectivity index (χ1v) is 15.2. The number of fused-ring (bicyclic) bond motifs is 1. The molecule has 3 aliphatic heterocycles. The minimum atomic E-state index is -5.33. The largest absolute Gasteiger partial charge is 0.475 e. The summed E-state index contributed by atoms with van der Waals surface area (Å²) >= 11 is 0. The number of halogens is 7. The van der Waals surface area contributed by atoms with E-state index in [0.29, 0.717) is 18.5 Å². The van der Waals surface area contributed by atoms with Crippen molar-refractivity contribution >= 4 is 28.2 Å². The van der Waals surface area contributed by atoms with E-state index in [9.17, 15) is 22.0 Å². The van der Waals surface area contributed by atoms with Gasteiger partial charge < -0.3 is 25.8 Å². The van der Waals surface area contributed by atoms with E-state index in [-0.39, 0.29) is 61.8 Å². The fraction of sp³-hybridized carbons (Fsp3) is 0.419. The van der Waals surface area contributed by atoms with Gasteiger partial charge in [-0.15, -0.1) is 0 Å². The molecule has 0 saturated carbocycles. The number of nitrogen functional groups attached to an aromatic ring is 2. The molecule has 0 bridgehead atoms. The van der Waals surface area contributed by atoms with Crippen LogP contribution < -0.4 is 25.8 Å². The van der Waals surface area contributed by atoms with E-state index in [2.05, 4.69) is 19.9 Å². The standard InChI is InChI=1S/C31H29F7N8O2/c1-14(16-4-2-6-41-26(16)40)46-8-9-47-28-20-25(22(35)24(42-28)19-17(31(36,37)38)10-18(33)23(39)21(19)34)43-29(44-27(20)46)48-13-30-5-3-7-45(30)12-15(32)11-30/h2,4,6,10,14-15H,3,5,7-9,11-13,39H2,1H3,(H2,40,41)/t14-,15-,30+/m1/s1. The number of hydrogen-bond donors (Lipinski definition) is 2. The molecule has 3 aromatic heterocycles. The zero-order chi connectivity index (χ0) is 34.1. The number of ether oxygens (including phenoxy) is 2. The number of hydrogen-bond acceptors (Lipinski definition) is 10. The highest BCUT2D eigenvalue weighted by Crippen LogP contribution is 2.47. The fourth-order valence-electron chi connectivity index (χ4n) is 7.06. The van der Waals surface area contributed by atoms with Crippen LogP contribution in [0.5, 0.6) is 11.9 Å². The molecule has 4 N–H and O–H groups in total. The van der Waals surface area contributed by atoms with E-state index in [1.807, 2.05) is 4.90 Å². The molecule has 4 aromatic rings. The maximum Gasteiger partial charge on any atom is 0.417 e. The zero-order valence-corrected chi connectivity index (χ0v) is 25.4. The molecule has 0 unspecified atom stereocenters. The Labute approximate surface area is 268 Å². The van der Waals surface area contributed by atoms with Gasteiger partial charge in [-0.1, -0.05) is 6.07 Å². The summed E-state index contributed by atoms with van der Waals surface area (Å²) in [5, 5.41) is -0.134. The predicted octanol–water partition coefficient (Wildman–Crippen LogP) is 5.60. The quantitative estimate of drug-likeness (QED) is 0.196. The Hall–Kier alpha value is -4.67. The third kappa shape index (κ3) is 5.14. The van der Waals surface area contributed by atoms with Crippen LogP contribution in [0, 0.1) is 17.5 Å². The van der Waals surface area contributed by atoms with Gasteiger partial charge in [-0.25, -0.2) is 27.5 Å². The van der Waals surface area contributed by atoms with Crippen molar-refractivity contribution in [3.8, 4) is 23.1 Å². The molecule has 6 heterocycles. The Morgan fingerprint density at radius 1 is 1.12 bits per heavy atom. The van der Waals surface area contributed by atoms with Gasteiger partial charge in [0, 0.05) is 24.7 Å². The van der Waals surface area contributed by atoms with E-state index >= 15 is 8.78 Å². The second kappa shape index (κ2) is 11.5. The van der Waals surface area contributed by atoms with Gasteiger partial charge in [-0.3, -0.25) is 4.90 Å². The van der Waals surface area contributed by atoms with E-state index in [4.69, 9.17) is 20.9 Å². The highest BCUT2D eigenvalue weighted by atomic mass is 19.4. The van der Waals surface area contributed by atoms with E-state index in [1.165, 1.54) is 6.20 Å². The van der Waals surface area contributed by atoms with Crippen molar-refractivity contribution in [3.05, 3.63) is 53.0 Å². The third-order valence-corrected chi connectivity index (χ3v) is 9.37. The topological polar surface area (TPSA) is 129 Å². The summed E-state index contributed by atoms with van der Waals surface area (Å²) in [5.41, 5.74) is 5.26. The molecule has 17 heteroatoms. The van der Waals surface area contributed by atoms with Gasteiger partial charge >= 0.3 is 12.2 Å². The van der Waals surface area contributed by atoms with Crippen LogP contribution in [0.1, 0.15) is 43.4 Å². The van der Waals surface area contributed by atoms with Crippen LogP contribution >= 0.6 is 0 Å². The van der Waals surface area contributed by atoms with E-state index in [1.54, 1.807) is 24.0 Å². The zero-order valence-electron chi connectivity index (χ0n) is 25.4. The lowest BCUT2D eigenvalue weighted by atomic mass is 9.95. The SMILES string of the molecule is C[C@H](c1cccnc1N)N1CCOc2nc(-c3c(C(F)(F)F)cc(F)c(N)c3F)c(F)c3nc(OC[C@@]45CCCN4C[C@H](F)C5)nc1c23. The summed E-state index contributed by atoms with van der Waals surface area (Å²) in [6.45, 7) is 2.62. The fourth-order valence-corrected chi connectivity index (χ4v) is 7.06. The van der Waals surface area contributed by atoms with Gasteiger partial charge in [0.1, 0.15) is 59.1 Å². The number of nitrogens with zero attached hydrogens (tertiary/aromatic N) is 6. The number of alkyl halides is 4. The number of anilines is 3. The second-order valence-electron chi connectivity index (χ2n) is 12.2. The lowest BCUT2D eigenvalue weighted by Crippen LogP contribution is -2.43. The molecule has 3 atom stereocenters. The van der Waals surface area contributed by atoms with Crippen LogP contribution in [-0.2, 0) is 6.18 Å². The van der Waals surface area contributed by atoms with Crippen molar-refractivity contribution in [2.45, 2.75) is 50.1 Å². The van der Waals surface area contributed by atoms with Crippen molar-refractivity contribution in [1.29, 1.82) is 0 Å². The molecule has 254 valence electrons.